The molecule has 0 bridgehead atoms. The number of methoxy groups -OCH3 is 1. The summed E-state index contributed by atoms with van der Waals surface area (Å²) in [6.07, 6.45) is 2.01. The second kappa shape index (κ2) is 5.40. The first-order chi connectivity index (χ1) is 9.01. The molecule has 0 heterocycles. The molecule has 0 aliphatic heterocycles. The SMILES string of the molecule is COc1cc(OC2CCC(N)C2)c([N+](=O)[O-])cc1F. The minimum Gasteiger partial charge on any atom is -0.494 e. The molecule has 1 fully saturated rings. The van der Waals surface area contributed by atoms with Gasteiger partial charge in [0.15, 0.2) is 11.6 Å². The second-order valence-electron chi connectivity index (χ2n) is 4.52. The third-order valence-corrected chi connectivity index (χ3v) is 3.15. The molecular formula is C12H15FN2O4. The van der Waals surface area contributed by atoms with Crippen LogP contribution in [0.1, 0.15) is 19.3 Å². The Labute approximate surface area is 109 Å². The van der Waals surface area contributed by atoms with Gasteiger partial charge in [-0.05, 0) is 19.3 Å². The van der Waals surface area contributed by atoms with Crippen molar-refractivity contribution >= 4 is 5.69 Å². The maximum absolute atomic E-state index is 13.5. The number of ether oxygens (including phenoxy) is 2. The third kappa shape index (κ3) is 2.93. The van der Waals surface area contributed by atoms with Crippen LogP contribution in [0.2, 0.25) is 0 Å². The number of nitrogens with two attached hydrogens (primary N) is 1. The first kappa shape index (κ1) is 13.5. The van der Waals surface area contributed by atoms with Crippen molar-refractivity contribution in [2.45, 2.75) is 31.4 Å². The Bertz CT molecular complexity index is 495. The fourth-order valence-corrected chi connectivity index (χ4v) is 2.18. The molecular weight excluding hydrogens is 255 g/mol. The van der Waals surface area contributed by atoms with Crippen LogP contribution in [0.3, 0.4) is 0 Å². The van der Waals surface area contributed by atoms with Crippen LogP contribution in [0.15, 0.2) is 12.1 Å². The molecule has 0 amide bonds. The molecule has 0 saturated heterocycles. The van der Waals surface area contributed by atoms with Gasteiger partial charge in [0, 0.05) is 12.1 Å². The average molecular weight is 270 g/mol. The summed E-state index contributed by atoms with van der Waals surface area (Å²) < 4.78 is 23.8. The van der Waals surface area contributed by atoms with Gasteiger partial charge in [0.1, 0.15) is 6.10 Å². The van der Waals surface area contributed by atoms with E-state index in [-0.39, 0.29) is 23.6 Å². The van der Waals surface area contributed by atoms with Gasteiger partial charge in [-0.15, -0.1) is 0 Å². The third-order valence-electron chi connectivity index (χ3n) is 3.15. The molecule has 104 valence electrons. The van der Waals surface area contributed by atoms with Crippen molar-refractivity contribution in [2.75, 3.05) is 7.11 Å². The smallest absolute Gasteiger partial charge is 0.314 e. The van der Waals surface area contributed by atoms with Crippen molar-refractivity contribution in [3.63, 3.8) is 0 Å². The Morgan fingerprint density at radius 1 is 1.42 bits per heavy atom. The Morgan fingerprint density at radius 2 is 2.16 bits per heavy atom. The van der Waals surface area contributed by atoms with Gasteiger partial charge >= 0.3 is 5.69 Å². The molecule has 2 atom stereocenters. The lowest BCUT2D eigenvalue weighted by Crippen LogP contribution is -2.19. The zero-order valence-corrected chi connectivity index (χ0v) is 10.5. The molecule has 0 aromatic heterocycles. The predicted molar refractivity (Wildman–Crippen MR) is 65.8 cm³/mol. The maximum Gasteiger partial charge on any atom is 0.314 e. The summed E-state index contributed by atoms with van der Waals surface area (Å²) in [4.78, 5) is 10.2. The molecule has 19 heavy (non-hydrogen) atoms. The van der Waals surface area contributed by atoms with Crippen LogP contribution in [0.4, 0.5) is 10.1 Å². The first-order valence-corrected chi connectivity index (χ1v) is 5.95. The molecule has 2 rings (SSSR count). The summed E-state index contributed by atoms with van der Waals surface area (Å²) >= 11 is 0. The van der Waals surface area contributed by atoms with Crippen LogP contribution < -0.4 is 15.2 Å². The van der Waals surface area contributed by atoms with Crippen LogP contribution in [-0.4, -0.2) is 24.2 Å². The van der Waals surface area contributed by atoms with Crippen LogP contribution in [0, 0.1) is 15.9 Å². The highest BCUT2D eigenvalue weighted by molar-refractivity contribution is 5.51. The number of nitrogens with zero attached hydrogens (tertiary/aromatic N) is 1. The summed E-state index contributed by atoms with van der Waals surface area (Å²) in [5, 5.41) is 10.9. The van der Waals surface area contributed by atoms with E-state index in [1.807, 2.05) is 0 Å². The number of benzene rings is 1. The van der Waals surface area contributed by atoms with E-state index in [1.54, 1.807) is 0 Å². The summed E-state index contributed by atoms with van der Waals surface area (Å²) in [5.74, 6) is -0.852. The van der Waals surface area contributed by atoms with E-state index in [2.05, 4.69) is 0 Å². The summed E-state index contributed by atoms with van der Waals surface area (Å²) in [6.45, 7) is 0. The number of hydrogen-bond donors (Lipinski definition) is 1. The normalized spacial score (nSPS) is 22.3. The van der Waals surface area contributed by atoms with E-state index in [4.69, 9.17) is 15.2 Å². The van der Waals surface area contributed by atoms with Gasteiger partial charge in [0.25, 0.3) is 0 Å². The van der Waals surface area contributed by atoms with E-state index in [0.717, 1.165) is 18.9 Å². The molecule has 0 radical (unpaired) electrons. The highest BCUT2D eigenvalue weighted by atomic mass is 19.1. The van der Waals surface area contributed by atoms with Crippen molar-refractivity contribution in [3.05, 3.63) is 28.1 Å². The molecule has 2 unspecified atom stereocenters. The number of nitro groups is 1. The molecule has 7 heteroatoms. The lowest BCUT2D eigenvalue weighted by atomic mass is 10.2. The molecule has 0 spiro atoms. The average Bonchev–Trinajstić information content (AvgIpc) is 2.76. The number of rotatable bonds is 4. The Balaban J connectivity index is 2.28. The van der Waals surface area contributed by atoms with Gasteiger partial charge in [0.05, 0.1) is 18.1 Å². The summed E-state index contributed by atoms with van der Waals surface area (Å²) in [7, 11) is 1.29. The standard InChI is InChI=1S/C12H15FN2O4/c1-18-11-6-12(10(15(16)17)5-9(11)13)19-8-3-2-7(14)4-8/h5-8H,2-4,14H2,1H3. The van der Waals surface area contributed by atoms with Gasteiger partial charge in [0.2, 0.25) is 5.75 Å². The van der Waals surface area contributed by atoms with Gasteiger partial charge in [-0.2, -0.15) is 0 Å². The number of hydrogen-bond acceptors (Lipinski definition) is 5. The fraction of sp³-hybridized carbons (Fsp3) is 0.500. The topological polar surface area (TPSA) is 87.6 Å². The molecule has 2 N–H and O–H groups in total. The molecule has 1 aliphatic carbocycles. The van der Waals surface area contributed by atoms with E-state index in [0.29, 0.717) is 6.42 Å². The minimum atomic E-state index is -0.787. The van der Waals surface area contributed by atoms with E-state index >= 15 is 0 Å². The van der Waals surface area contributed by atoms with Crippen molar-refractivity contribution < 1.29 is 18.8 Å². The zero-order chi connectivity index (χ0) is 14.0. The molecule has 1 aliphatic rings. The van der Waals surface area contributed by atoms with Crippen LogP contribution in [0.5, 0.6) is 11.5 Å². The summed E-state index contributed by atoms with van der Waals surface area (Å²) in [6, 6.07) is 2.06. The monoisotopic (exact) mass is 270 g/mol. The van der Waals surface area contributed by atoms with Crippen molar-refractivity contribution in [1.82, 2.24) is 0 Å². The van der Waals surface area contributed by atoms with Crippen molar-refractivity contribution in [3.8, 4) is 11.5 Å². The lowest BCUT2D eigenvalue weighted by molar-refractivity contribution is -0.386. The first-order valence-electron chi connectivity index (χ1n) is 5.95. The highest BCUT2D eigenvalue weighted by Gasteiger charge is 2.27. The molecule has 1 saturated carbocycles. The van der Waals surface area contributed by atoms with Gasteiger partial charge < -0.3 is 15.2 Å². The summed E-state index contributed by atoms with van der Waals surface area (Å²) in [5.41, 5.74) is 5.35. The minimum absolute atomic E-state index is 0.0161. The quantitative estimate of drug-likeness (QED) is 0.667. The maximum atomic E-state index is 13.5. The van der Waals surface area contributed by atoms with Gasteiger partial charge in [-0.25, -0.2) is 4.39 Å². The second-order valence-corrected chi connectivity index (χ2v) is 4.52. The number of nitro benzene ring substituents is 1. The van der Waals surface area contributed by atoms with Crippen LogP contribution in [-0.2, 0) is 0 Å². The van der Waals surface area contributed by atoms with Gasteiger partial charge in [-0.3, -0.25) is 10.1 Å². The molecule has 1 aromatic rings. The van der Waals surface area contributed by atoms with E-state index in [9.17, 15) is 14.5 Å². The number of halogens is 1. The zero-order valence-electron chi connectivity index (χ0n) is 10.5. The van der Waals surface area contributed by atoms with E-state index < -0.39 is 16.4 Å². The van der Waals surface area contributed by atoms with Gasteiger partial charge in [-0.1, -0.05) is 0 Å². The largest absolute Gasteiger partial charge is 0.494 e. The Hall–Kier alpha value is -1.89. The predicted octanol–water partition coefficient (Wildman–Crippen LogP) is 2.00. The van der Waals surface area contributed by atoms with Crippen molar-refractivity contribution in [2.24, 2.45) is 5.73 Å². The Kier molecular flexibility index (Phi) is 3.84. The van der Waals surface area contributed by atoms with E-state index in [1.165, 1.54) is 13.2 Å². The van der Waals surface area contributed by atoms with Crippen LogP contribution in [0.25, 0.3) is 0 Å². The highest BCUT2D eigenvalue weighted by Crippen LogP contribution is 2.36. The molecule has 1 aromatic carbocycles. The van der Waals surface area contributed by atoms with Crippen molar-refractivity contribution in [1.29, 1.82) is 0 Å². The lowest BCUT2D eigenvalue weighted by Gasteiger charge is -2.14. The molecule has 6 nitrogen and oxygen atoms in total. The fourth-order valence-electron chi connectivity index (χ4n) is 2.18. The Morgan fingerprint density at radius 3 is 2.68 bits per heavy atom. The van der Waals surface area contributed by atoms with Crippen LogP contribution >= 0.6 is 0 Å².